The Morgan fingerprint density at radius 2 is 2.20 bits per heavy atom. The van der Waals surface area contributed by atoms with E-state index in [2.05, 4.69) is 16.1 Å². The Bertz CT molecular complexity index is 144. The molecular weight excluding hydrogens is 146 g/mol. The van der Waals surface area contributed by atoms with Gasteiger partial charge in [0, 0.05) is 6.08 Å². The summed E-state index contributed by atoms with van der Waals surface area (Å²) in [6, 6.07) is 0. The Kier molecular flexibility index (Phi) is 2.79. The second kappa shape index (κ2) is 3.14. The van der Waals surface area contributed by atoms with Crippen LogP contribution in [0.5, 0.6) is 0 Å². The summed E-state index contributed by atoms with van der Waals surface area (Å²) in [6.45, 7) is 2.74. The molecule has 0 N–H and O–H groups in total. The molecule has 58 valence electrons. The first-order chi connectivity index (χ1) is 4.52. The molecule has 0 aromatic rings. The summed E-state index contributed by atoms with van der Waals surface area (Å²) in [4.78, 5) is 10.0. The molecule has 0 amide bonds. The van der Waals surface area contributed by atoms with Crippen molar-refractivity contribution in [2.24, 2.45) is 0 Å². The van der Waals surface area contributed by atoms with Gasteiger partial charge in [-0.05, 0) is 0 Å². The summed E-state index contributed by atoms with van der Waals surface area (Å²) in [7, 11) is 0.932. The van der Waals surface area contributed by atoms with Gasteiger partial charge in [0.15, 0.2) is 0 Å². The standard InChI is InChI=1S/C5H6F2O3/c1-3-5(6,7)10-4(8)9-2/h3H,1H2,2H3. The predicted molar refractivity (Wildman–Crippen MR) is 28.6 cm³/mol. The SMILES string of the molecule is C=CC(F)(F)OC(=O)OC. The Morgan fingerprint density at radius 1 is 1.70 bits per heavy atom. The lowest BCUT2D eigenvalue weighted by molar-refractivity contribution is -0.170. The first kappa shape index (κ1) is 8.87. The quantitative estimate of drug-likeness (QED) is 0.444. The van der Waals surface area contributed by atoms with Gasteiger partial charge >= 0.3 is 12.3 Å². The highest BCUT2D eigenvalue weighted by Crippen LogP contribution is 2.16. The Hall–Kier alpha value is -1.13. The molecule has 0 saturated heterocycles. The monoisotopic (exact) mass is 152 g/mol. The van der Waals surface area contributed by atoms with Crippen LogP contribution in [0.1, 0.15) is 0 Å². The molecule has 0 aliphatic carbocycles. The molecule has 0 aromatic heterocycles. The highest BCUT2D eigenvalue weighted by atomic mass is 19.3. The number of carbonyl (C=O) groups is 1. The van der Waals surface area contributed by atoms with Crippen LogP contribution in [0.4, 0.5) is 13.6 Å². The van der Waals surface area contributed by atoms with E-state index in [4.69, 9.17) is 0 Å². The molecule has 0 heterocycles. The van der Waals surface area contributed by atoms with Crippen molar-refractivity contribution in [3.8, 4) is 0 Å². The van der Waals surface area contributed by atoms with E-state index >= 15 is 0 Å². The van der Waals surface area contributed by atoms with Gasteiger partial charge in [-0.3, -0.25) is 0 Å². The number of hydrogen-bond donors (Lipinski definition) is 0. The van der Waals surface area contributed by atoms with Crippen LogP contribution in [0.3, 0.4) is 0 Å². The second-order valence-electron chi connectivity index (χ2n) is 1.32. The molecular formula is C5H6F2O3. The summed E-state index contributed by atoms with van der Waals surface area (Å²) in [5.74, 6) is 0. The summed E-state index contributed by atoms with van der Waals surface area (Å²) in [5.41, 5.74) is 0. The minimum absolute atomic E-state index is 0.198. The number of rotatable bonds is 2. The maximum absolute atomic E-state index is 11.9. The molecule has 0 bridgehead atoms. The van der Waals surface area contributed by atoms with Crippen molar-refractivity contribution in [1.29, 1.82) is 0 Å². The summed E-state index contributed by atoms with van der Waals surface area (Å²) in [6.07, 6.45) is -4.89. The van der Waals surface area contributed by atoms with E-state index in [9.17, 15) is 13.6 Å². The van der Waals surface area contributed by atoms with Gasteiger partial charge in [-0.1, -0.05) is 6.58 Å². The van der Waals surface area contributed by atoms with Crippen LogP contribution in [0.2, 0.25) is 0 Å². The largest absolute Gasteiger partial charge is 0.512 e. The van der Waals surface area contributed by atoms with Crippen LogP contribution in [0, 0.1) is 0 Å². The van der Waals surface area contributed by atoms with Gasteiger partial charge in [-0.25, -0.2) is 4.79 Å². The van der Waals surface area contributed by atoms with Crippen molar-refractivity contribution >= 4 is 6.16 Å². The van der Waals surface area contributed by atoms with E-state index in [0.717, 1.165) is 7.11 Å². The minimum Gasteiger partial charge on any atom is -0.437 e. The van der Waals surface area contributed by atoms with Crippen molar-refractivity contribution in [2.75, 3.05) is 7.11 Å². The van der Waals surface area contributed by atoms with Crippen LogP contribution in [0.25, 0.3) is 0 Å². The van der Waals surface area contributed by atoms with E-state index in [1.807, 2.05) is 0 Å². The van der Waals surface area contributed by atoms with Crippen molar-refractivity contribution in [2.45, 2.75) is 6.11 Å². The third-order valence-electron chi connectivity index (χ3n) is 0.624. The Labute approximate surface area is 56.2 Å². The highest BCUT2D eigenvalue weighted by Gasteiger charge is 2.29. The molecule has 0 rings (SSSR count). The topological polar surface area (TPSA) is 35.5 Å². The lowest BCUT2D eigenvalue weighted by atomic mass is 10.6. The van der Waals surface area contributed by atoms with Gasteiger partial charge in [0.25, 0.3) is 0 Å². The number of alkyl halides is 2. The summed E-state index contributed by atoms with van der Waals surface area (Å²) >= 11 is 0. The van der Waals surface area contributed by atoms with Crippen molar-refractivity contribution < 1.29 is 23.0 Å². The number of hydrogen-bond acceptors (Lipinski definition) is 3. The Morgan fingerprint density at radius 3 is 2.50 bits per heavy atom. The first-order valence-corrected chi connectivity index (χ1v) is 2.30. The van der Waals surface area contributed by atoms with Crippen LogP contribution < -0.4 is 0 Å². The first-order valence-electron chi connectivity index (χ1n) is 2.30. The molecule has 3 nitrogen and oxygen atoms in total. The average molecular weight is 152 g/mol. The number of ether oxygens (including phenoxy) is 2. The molecule has 0 aliphatic heterocycles. The molecule has 0 atom stereocenters. The average Bonchev–Trinajstić information content (AvgIpc) is 1.87. The van der Waals surface area contributed by atoms with E-state index in [1.54, 1.807) is 0 Å². The normalized spacial score (nSPS) is 10.3. The zero-order valence-electron chi connectivity index (χ0n) is 5.27. The van der Waals surface area contributed by atoms with E-state index in [1.165, 1.54) is 0 Å². The maximum atomic E-state index is 11.9. The molecule has 0 aromatic carbocycles. The fraction of sp³-hybridized carbons (Fsp3) is 0.400. The van der Waals surface area contributed by atoms with Gasteiger partial charge in [0.05, 0.1) is 7.11 Å². The maximum Gasteiger partial charge on any atom is 0.512 e. The van der Waals surface area contributed by atoms with Crippen molar-refractivity contribution in [3.05, 3.63) is 12.7 Å². The van der Waals surface area contributed by atoms with Crippen LogP contribution >= 0.6 is 0 Å². The fourth-order valence-electron chi connectivity index (χ4n) is 0.194. The predicted octanol–water partition coefficient (Wildman–Crippen LogP) is 1.55. The molecule has 0 aliphatic rings. The second-order valence-corrected chi connectivity index (χ2v) is 1.32. The number of methoxy groups -OCH3 is 1. The van der Waals surface area contributed by atoms with Gasteiger partial charge in [0.2, 0.25) is 0 Å². The fourth-order valence-corrected chi connectivity index (χ4v) is 0.194. The molecule has 0 fully saturated rings. The summed E-state index contributed by atoms with van der Waals surface area (Å²) < 4.78 is 31.1. The molecule has 0 unspecified atom stereocenters. The Balaban J connectivity index is 3.88. The number of carbonyl (C=O) groups excluding carboxylic acids is 1. The molecule has 0 saturated carbocycles. The third-order valence-corrected chi connectivity index (χ3v) is 0.624. The van der Waals surface area contributed by atoms with Crippen LogP contribution in [-0.4, -0.2) is 19.4 Å². The van der Waals surface area contributed by atoms with E-state index in [0.29, 0.717) is 0 Å². The summed E-state index contributed by atoms with van der Waals surface area (Å²) in [5, 5.41) is 0. The minimum atomic E-state index is -3.65. The van der Waals surface area contributed by atoms with Gasteiger partial charge in [-0.2, -0.15) is 8.78 Å². The smallest absolute Gasteiger partial charge is 0.437 e. The van der Waals surface area contributed by atoms with Gasteiger partial charge in [-0.15, -0.1) is 0 Å². The van der Waals surface area contributed by atoms with Crippen molar-refractivity contribution in [1.82, 2.24) is 0 Å². The van der Waals surface area contributed by atoms with E-state index in [-0.39, 0.29) is 6.08 Å². The molecule has 0 spiro atoms. The lowest BCUT2D eigenvalue weighted by Crippen LogP contribution is -2.21. The van der Waals surface area contributed by atoms with Crippen LogP contribution in [0.15, 0.2) is 12.7 Å². The van der Waals surface area contributed by atoms with Crippen molar-refractivity contribution in [3.63, 3.8) is 0 Å². The zero-order chi connectivity index (χ0) is 8.20. The molecule has 10 heavy (non-hydrogen) atoms. The van der Waals surface area contributed by atoms with Gasteiger partial charge in [0.1, 0.15) is 0 Å². The molecule has 5 heteroatoms. The van der Waals surface area contributed by atoms with Gasteiger partial charge < -0.3 is 9.47 Å². The lowest BCUT2D eigenvalue weighted by Gasteiger charge is -2.09. The highest BCUT2D eigenvalue weighted by molar-refractivity contribution is 5.60. The van der Waals surface area contributed by atoms with E-state index < -0.39 is 12.3 Å². The molecule has 0 radical (unpaired) electrons. The third kappa shape index (κ3) is 3.01. The van der Waals surface area contributed by atoms with Crippen LogP contribution in [-0.2, 0) is 9.47 Å². The zero-order valence-corrected chi connectivity index (χ0v) is 5.27. The number of halogens is 2.